The molecule has 5 heteroatoms. The summed E-state index contributed by atoms with van der Waals surface area (Å²) in [4.78, 5) is 12.6. The lowest BCUT2D eigenvalue weighted by atomic mass is 10.1. The van der Waals surface area contributed by atoms with Crippen molar-refractivity contribution >= 4 is 33.6 Å². The minimum absolute atomic E-state index is 0.0674. The van der Waals surface area contributed by atoms with Crippen molar-refractivity contribution in [3.05, 3.63) is 86.7 Å². The van der Waals surface area contributed by atoms with Gasteiger partial charge in [-0.3, -0.25) is 4.79 Å². The molecular weight excluding hydrogens is 426 g/mol. The molecule has 29 heavy (non-hydrogen) atoms. The Bertz CT molecular complexity index is 1150. The molecule has 0 aliphatic rings. The summed E-state index contributed by atoms with van der Waals surface area (Å²) in [5, 5.41) is 12.3. The maximum absolute atomic E-state index is 12.6. The Hall–Kier alpha value is -3.10. The van der Waals surface area contributed by atoms with Crippen LogP contribution in [0.5, 0.6) is 0 Å². The Morgan fingerprint density at radius 3 is 2.38 bits per heavy atom. The van der Waals surface area contributed by atoms with Crippen LogP contribution in [-0.4, -0.2) is 10.5 Å². The van der Waals surface area contributed by atoms with Gasteiger partial charge in [0.2, 0.25) is 0 Å². The number of anilines is 1. The number of carbonyl (C=O) groups is 1. The van der Waals surface area contributed by atoms with Crippen LogP contribution in [0.3, 0.4) is 0 Å². The smallest absolute Gasteiger partial charge is 0.266 e. The highest BCUT2D eigenvalue weighted by Gasteiger charge is 2.14. The number of nitriles is 1. The Morgan fingerprint density at radius 2 is 1.76 bits per heavy atom. The Kier molecular flexibility index (Phi) is 6.05. The zero-order valence-corrected chi connectivity index (χ0v) is 18.5. The summed E-state index contributed by atoms with van der Waals surface area (Å²) in [6.07, 6.45) is 1.65. The van der Waals surface area contributed by atoms with Gasteiger partial charge in [0.25, 0.3) is 5.91 Å². The molecule has 0 bridgehead atoms. The lowest BCUT2D eigenvalue weighted by Gasteiger charge is -2.11. The van der Waals surface area contributed by atoms with Crippen LogP contribution < -0.4 is 5.32 Å². The van der Waals surface area contributed by atoms with Gasteiger partial charge < -0.3 is 9.88 Å². The summed E-state index contributed by atoms with van der Waals surface area (Å²) in [5.74, 6) is -0.416. The van der Waals surface area contributed by atoms with Crippen LogP contribution in [0.2, 0.25) is 0 Å². The quantitative estimate of drug-likeness (QED) is 0.392. The highest BCUT2D eigenvalue weighted by molar-refractivity contribution is 9.10. The van der Waals surface area contributed by atoms with Crippen molar-refractivity contribution in [2.45, 2.75) is 27.7 Å². The van der Waals surface area contributed by atoms with E-state index in [0.717, 1.165) is 38.2 Å². The molecule has 0 radical (unpaired) electrons. The molecule has 0 spiro atoms. The van der Waals surface area contributed by atoms with E-state index in [-0.39, 0.29) is 5.57 Å². The number of benzene rings is 2. The lowest BCUT2D eigenvalue weighted by molar-refractivity contribution is -0.112. The molecule has 0 unspecified atom stereocenters. The minimum atomic E-state index is -0.416. The number of hydrogen-bond acceptors (Lipinski definition) is 2. The summed E-state index contributed by atoms with van der Waals surface area (Å²) in [5.41, 5.74) is 6.88. The summed E-state index contributed by atoms with van der Waals surface area (Å²) in [6.45, 7) is 8.03. The molecule has 3 rings (SSSR count). The molecule has 0 atom stereocenters. The molecule has 1 N–H and O–H groups in total. The molecule has 0 saturated heterocycles. The van der Waals surface area contributed by atoms with Gasteiger partial charge in [0.15, 0.2) is 0 Å². The third-order valence-electron chi connectivity index (χ3n) is 4.84. The fourth-order valence-electron chi connectivity index (χ4n) is 3.24. The number of nitrogens with zero attached hydrogens (tertiary/aromatic N) is 2. The monoisotopic (exact) mass is 447 g/mol. The van der Waals surface area contributed by atoms with Crippen LogP contribution in [0.1, 0.15) is 28.1 Å². The van der Waals surface area contributed by atoms with Crippen LogP contribution in [0, 0.1) is 39.0 Å². The highest BCUT2D eigenvalue weighted by Crippen LogP contribution is 2.26. The number of amides is 1. The van der Waals surface area contributed by atoms with Gasteiger partial charge in [-0.15, -0.1) is 0 Å². The Morgan fingerprint density at radius 1 is 1.07 bits per heavy atom. The van der Waals surface area contributed by atoms with Crippen molar-refractivity contribution in [1.29, 1.82) is 5.26 Å². The molecule has 1 aromatic heterocycles. The van der Waals surface area contributed by atoms with Crippen molar-refractivity contribution in [3.63, 3.8) is 0 Å². The maximum atomic E-state index is 12.6. The normalized spacial score (nSPS) is 11.2. The first-order valence-electron chi connectivity index (χ1n) is 9.25. The number of carbonyl (C=O) groups excluding carboxylic acids is 1. The Labute approximate surface area is 179 Å². The second kappa shape index (κ2) is 8.50. The molecule has 2 aromatic carbocycles. The first-order chi connectivity index (χ1) is 13.8. The van der Waals surface area contributed by atoms with Gasteiger partial charge in [0.05, 0.1) is 0 Å². The van der Waals surface area contributed by atoms with Crippen LogP contribution in [-0.2, 0) is 4.79 Å². The van der Waals surface area contributed by atoms with E-state index in [9.17, 15) is 10.1 Å². The third kappa shape index (κ3) is 4.49. The minimum Gasteiger partial charge on any atom is -0.321 e. The Balaban J connectivity index is 1.94. The van der Waals surface area contributed by atoms with E-state index in [1.165, 1.54) is 0 Å². The van der Waals surface area contributed by atoms with Crippen molar-refractivity contribution < 1.29 is 4.79 Å². The van der Waals surface area contributed by atoms with Gasteiger partial charge in [0.1, 0.15) is 11.6 Å². The summed E-state index contributed by atoms with van der Waals surface area (Å²) in [6, 6.07) is 17.7. The summed E-state index contributed by atoms with van der Waals surface area (Å²) in [7, 11) is 0. The molecule has 1 amide bonds. The average molecular weight is 448 g/mol. The van der Waals surface area contributed by atoms with Gasteiger partial charge >= 0.3 is 0 Å². The second-order valence-corrected chi connectivity index (χ2v) is 7.94. The van der Waals surface area contributed by atoms with E-state index in [1.54, 1.807) is 6.08 Å². The van der Waals surface area contributed by atoms with Gasteiger partial charge in [0, 0.05) is 27.2 Å². The first kappa shape index (κ1) is 20.6. The predicted molar refractivity (Wildman–Crippen MR) is 121 cm³/mol. The number of rotatable bonds is 4. The molecule has 146 valence electrons. The van der Waals surface area contributed by atoms with E-state index in [2.05, 4.69) is 31.9 Å². The zero-order valence-electron chi connectivity index (χ0n) is 16.9. The molecule has 0 aliphatic heterocycles. The largest absolute Gasteiger partial charge is 0.321 e. The second-order valence-electron chi connectivity index (χ2n) is 7.09. The third-order valence-corrected chi connectivity index (χ3v) is 5.73. The van der Waals surface area contributed by atoms with Gasteiger partial charge in [-0.2, -0.15) is 5.26 Å². The number of aromatic nitrogens is 1. The number of aryl methyl sites for hydroxylation is 3. The van der Waals surface area contributed by atoms with Crippen LogP contribution in [0.4, 0.5) is 5.69 Å². The van der Waals surface area contributed by atoms with Crippen molar-refractivity contribution in [2.24, 2.45) is 0 Å². The standard InChI is InChI=1S/C24H22BrN3O/c1-15-5-7-21(8-6-15)27-24(29)20(14-26)13-19-12-17(3)28(18(19)4)22-9-10-23(25)16(2)11-22/h5-13H,1-4H3,(H,27,29). The lowest BCUT2D eigenvalue weighted by Crippen LogP contribution is -2.13. The molecular formula is C24H22BrN3O. The van der Waals surface area contributed by atoms with E-state index < -0.39 is 5.91 Å². The van der Waals surface area contributed by atoms with Gasteiger partial charge in [-0.05, 0) is 81.3 Å². The van der Waals surface area contributed by atoms with Gasteiger partial charge in [-0.25, -0.2) is 0 Å². The SMILES string of the molecule is Cc1ccc(NC(=O)C(C#N)=Cc2cc(C)n(-c3ccc(Br)c(C)c3)c2C)cc1. The average Bonchev–Trinajstić information content (AvgIpc) is 2.97. The summed E-state index contributed by atoms with van der Waals surface area (Å²) < 4.78 is 3.18. The van der Waals surface area contributed by atoms with Crippen molar-refractivity contribution in [1.82, 2.24) is 4.57 Å². The van der Waals surface area contributed by atoms with E-state index in [0.29, 0.717) is 5.69 Å². The number of halogens is 1. The molecule has 0 aliphatic carbocycles. The first-order valence-corrected chi connectivity index (χ1v) is 10.0. The summed E-state index contributed by atoms with van der Waals surface area (Å²) >= 11 is 3.53. The number of hydrogen-bond donors (Lipinski definition) is 1. The highest BCUT2D eigenvalue weighted by atomic mass is 79.9. The van der Waals surface area contributed by atoms with Crippen molar-refractivity contribution in [3.8, 4) is 11.8 Å². The zero-order chi connectivity index (χ0) is 21.1. The van der Waals surface area contributed by atoms with Crippen molar-refractivity contribution in [2.75, 3.05) is 5.32 Å². The van der Waals surface area contributed by atoms with E-state index in [1.807, 2.05) is 76.2 Å². The molecule has 0 saturated carbocycles. The fourth-order valence-corrected chi connectivity index (χ4v) is 3.49. The predicted octanol–water partition coefficient (Wildman–Crippen LogP) is 6.02. The maximum Gasteiger partial charge on any atom is 0.266 e. The molecule has 0 fully saturated rings. The van der Waals surface area contributed by atoms with Crippen LogP contribution >= 0.6 is 15.9 Å². The molecule has 4 nitrogen and oxygen atoms in total. The van der Waals surface area contributed by atoms with E-state index >= 15 is 0 Å². The van der Waals surface area contributed by atoms with E-state index in [4.69, 9.17) is 0 Å². The number of nitrogens with one attached hydrogen (secondary N) is 1. The molecule has 1 heterocycles. The van der Waals surface area contributed by atoms with Crippen LogP contribution in [0.25, 0.3) is 11.8 Å². The van der Waals surface area contributed by atoms with Gasteiger partial charge in [-0.1, -0.05) is 33.6 Å². The van der Waals surface area contributed by atoms with Crippen LogP contribution in [0.15, 0.2) is 58.6 Å². The topological polar surface area (TPSA) is 57.8 Å². The molecule has 3 aromatic rings. The fraction of sp³-hybridized carbons (Fsp3) is 0.167.